The van der Waals surface area contributed by atoms with Gasteiger partial charge in [-0.2, -0.15) is 0 Å². The lowest BCUT2D eigenvalue weighted by atomic mass is 10.1. The first-order valence-corrected chi connectivity index (χ1v) is 6.28. The van der Waals surface area contributed by atoms with Crippen molar-refractivity contribution in [1.82, 2.24) is 9.38 Å². The number of fused-ring (bicyclic) bond motifs is 1. The molecule has 3 heteroatoms. The minimum atomic E-state index is 0.768. The van der Waals surface area contributed by atoms with E-state index in [4.69, 9.17) is 11.6 Å². The molecule has 0 unspecified atom stereocenters. The van der Waals surface area contributed by atoms with Crippen LogP contribution in [0.5, 0.6) is 0 Å². The predicted octanol–water partition coefficient (Wildman–Crippen LogP) is 3.89. The Balaban J connectivity index is 2.03. The summed E-state index contributed by atoms with van der Waals surface area (Å²) in [5.74, 6) is 1.04. The van der Waals surface area contributed by atoms with Crippen LogP contribution in [0.1, 0.15) is 17.0 Å². The molecule has 0 spiro atoms. The number of imidazole rings is 1. The zero-order valence-corrected chi connectivity index (χ0v) is 10.9. The van der Waals surface area contributed by atoms with E-state index < -0.39 is 0 Å². The first-order valence-electron chi connectivity index (χ1n) is 5.90. The van der Waals surface area contributed by atoms with Crippen molar-refractivity contribution in [2.45, 2.75) is 13.3 Å². The van der Waals surface area contributed by atoms with Crippen LogP contribution in [0.2, 0.25) is 5.02 Å². The molecule has 0 aliphatic rings. The number of nitrogens with zero attached hydrogens (tertiary/aromatic N) is 2. The lowest BCUT2D eigenvalue weighted by Gasteiger charge is -2.03. The number of aryl methyl sites for hydroxylation is 1. The second-order valence-electron chi connectivity index (χ2n) is 4.43. The number of benzene rings is 1. The number of hydrogen-bond acceptors (Lipinski definition) is 1. The molecule has 18 heavy (non-hydrogen) atoms. The Morgan fingerprint density at radius 3 is 2.94 bits per heavy atom. The molecule has 2 aromatic heterocycles. The molecule has 0 saturated carbocycles. The highest BCUT2D eigenvalue weighted by Crippen LogP contribution is 2.17. The molecule has 0 fully saturated rings. The van der Waals surface area contributed by atoms with Crippen molar-refractivity contribution in [3.8, 4) is 0 Å². The fourth-order valence-corrected chi connectivity index (χ4v) is 2.39. The van der Waals surface area contributed by atoms with E-state index in [0.717, 1.165) is 22.8 Å². The minimum absolute atomic E-state index is 0.768. The van der Waals surface area contributed by atoms with Gasteiger partial charge in [-0.1, -0.05) is 29.8 Å². The summed E-state index contributed by atoms with van der Waals surface area (Å²) in [5, 5.41) is 0.768. The molecule has 3 rings (SSSR count). The van der Waals surface area contributed by atoms with Crippen molar-refractivity contribution < 1.29 is 0 Å². The summed E-state index contributed by atoms with van der Waals surface area (Å²) >= 11 is 6.00. The molecule has 0 amide bonds. The third kappa shape index (κ3) is 2.00. The van der Waals surface area contributed by atoms with Gasteiger partial charge in [0.25, 0.3) is 0 Å². The molecule has 3 aromatic rings. The average Bonchev–Trinajstić information content (AvgIpc) is 2.74. The Hall–Kier alpha value is -1.80. The molecule has 0 saturated heterocycles. The Labute approximate surface area is 111 Å². The zero-order valence-electron chi connectivity index (χ0n) is 10.1. The van der Waals surface area contributed by atoms with Crippen molar-refractivity contribution in [2.24, 2.45) is 0 Å². The summed E-state index contributed by atoms with van der Waals surface area (Å²) in [6.45, 7) is 2.10. The van der Waals surface area contributed by atoms with E-state index >= 15 is 0 Å². The van der Waals surface area contributed by atoms with Gasteiger partial charge in [0.05, 0.1) is 11.7 Å². The molecule has 0 atom stereocenters. The highest BCUT2D eigenvalue weighted by atomic mass is 35.5. The lowest BCUT2D eigenvalue weighted by molar-refractivity contribution is 0.959. The number of aromatic nitrogens is 2. The average molecular weight is 257 g/mol. The third-order valence-corrected chi connectivity index (χ3v) is 3.35. The van der Waals surface area contributed by atoms with E-state index in [2.05, 4.69) is 34.6 Å². The predicted molar refractivity (Wildman–Crippen MR) is 74.2 cm³/mol. The van der Waals surface area contributed by atoms with Gasteiger partial charge < -0.3 is 4.40 Å². The summed E-state index contributed by atoms with van der Waals surface area (Å²) in [6, 6.07) is 12.1. The van der Waals surface area contributed by atoms with E-state index in [1.807, 2.05) is 30.5 Å². The maximum Gasteiger partial charge on any atom is 0.117 e. The van der Waals surface area contributed by atoms with Gasteiger partial charge >= 0.3 is 0 Å². The summed E-state index contributed by atoms with van der Waals surface area (Å²) in [6.07, 6.45) is 4.77. The van der Waals surface area contributed by atoms with E-state index in [9.17, 15) is 0 Å². The standard InChI is InChI=1S/C15H13ClN2/c1-11-4-3-7-18-14(11)10-17-15(18)9-12-5-2-6-13(16)8-12/h2-8,10H,9H2,1H3. The summed E-state index contributed by atoms with van der Waals surface area (Å²) < 4.78 is 2.14. The van der Waals surface area contributed by atoms with Crippen LogP contribution in [-0.2, 0) is 6.42 Å². The fraction of sp³-hybridized carbons (Fsp3) is 0.133. The van der Waals surface area contributed by atoms with E-state index in [1.165, 1.54) is 11.1 Å². The molecule has 90 valence electrons. The van der Waals surface area contributed by atoms with Crippen LogP contribution in [0, 0.1) is 6.92 Å². The fourth-order valence-electron chi connectivity index (χ4n) is 2.18. The third-order valence-electron chi connectivity index (χ3n) is 3.11. The van der Waals surface area contributed by atoms with E-state index in [1.54, 1.807) is 0 Å². The topological polar surface area (TPSA) is 17.3 Å². The van der Waals surface area contributed by atoms with E-state index in [0.29, 0.717) is 0 Å². The van der Waals surface area contributed by atoms with Crippen LogP contribution in [0.4, 0.5) is 0 Å². The maximum atomic E-state index is 6.00. The van der Waals surface area contributed by atoms with Crippen molar-refractivity contribution >= 4 is 17.1 Å². The second-order valence-corrected chi connectivity index (χ2v) is 4.86. The van der Waals surface area contributed by atoms with Gasteiger partial charge in [0, 0.05) is 17.6 Å². The highest BCUT2D eigenvalue weighted by molar-refractivity contribution is 6.30. The largest absolute Gasteiger partial charge is 0.303 e. The van der Waals surface area contributed by atoms with Gasteiger partial charge in [-0.3, -0.25) is 0 Å². The molecule has 0 N–H and O–H groups in total. The number of halogens is 1. The SMILES string of the molecule is Cc1cccn2c(Cc3cccc(Cl)c3)ncc12. The molecule has 0 bridgehead atoms. The molecular formula is C15H13ClN2. The van der Waals surface area contributed by atoms with Crippen LogP contribution in [0.3, 0.4) is 0 Å². The smallest absolute Gasteiger partial charge is 0.117 e. The van der Waals surface area contributed by atoms with Gasteiger partial charge in [-0.05, 0) is 36.2 Å². The van der Waals surface area contributed by atoms with Gasteiger partial charge in [0.1, 0.15) is 5.82 Å². The van der Waals surface area contributed by atoms with Crippen molar-refractivity contribution in [2.75, 3.05) is 0 Å². The summed E-state index contributed by atoms with van der Waals surface area (Å²) in [5.41, 5.74) is 3.58. The Bertz CT molecular complexity index is 701. The molecule has 2 heterocycles. The van der Waals surface area contributed by atoms with Gasteiger partial charge in [0.2, 0.25) is 0 Å². The van der Waals surface area contributed by atoms with Gasteiger partial charge in [-0.15, -0.1) is 0 Å². The molecule has 1 aromatic carbocycles. The Morgan fingerprint density at radius 2 is 2.11 bits per heavy atom. The lowest BCUT2D eigenvalue weighted by Crippen LogP contribution is -1.96. The monoisotopic (exact) mass is 256 g/mol. The quantitative estimate of drug-likeness (QED) is 0.680. The van der Waals surface area contributed by atoms with Crippen LogP contribution in [-0.4, -0.2) is 9.38 Å². The molecule has 0 aliphatic carbocycles. The normalized spacial score (nSPS) is 11.0. The first kappa shape index (κ1) is 11.3. The van der Waals surface area contributed by atoms with Crippen LogP contribution < -0.4 is 0 Å². The van der Waals surface area contributed by atoms with E-state index in [-0.39, 0.29) is 0 Å². The minimum Gasteiger partial charge on any atom is -0.303 e. The number of hydrogen-bond donors (Lipinski definition) is 0. The summed E-state index contributed by atoms with van der Waals surface area (Å²) in [7, 11) is 0. The Kier molecular flexibility index (Phi) is 2.80. The van der Waals surface area contributed by atoms with Crippen LogP contribution in [0.15, 0.2) is 48.8 Å². The van der Waals surface area contributed by atoms with Crippen LogP contribution >= 0.6 is 11.6 Å². The number of pyridine rings is 1. The van der Waals surface area contributed by atoms with Crippen molar-refractivity contribution in [3.05, 3.63) is 70.8 Å². The zero-order chi connectivity index (χ0) is 12.5. The van der Waals surface area contributed by atoms with Crippen LogP contribution in [0.25, 0.3) is 5.52 Å². The molecular weight excluding hydrogens is 244 g/mol. The van der Waals surface area contributed by atoms with Gasteiger partial charge in [-0.25, -0.2) is 4.98 Å². The highest BCUT2D eigenvalue weighted by Gasteiger charge is 2.06. The molecule has 0 radical (unpaired) electrons. The first-order chi connectivity index (χ1) is 8.74. The van der Waals surface area contributed by atoms with Gasteiger partial charge in [0.15, 0.2) is 0 Å². The second kappa shape index (κ2) is 4.46. The molecule has 0 aliphatic heterocycles. The maximum absolute atomic E-state index is 6.00. The summed E-state index contributed by atoms with van der Waals surface area (Å²) in [4.78, 5) is 4.50. The molecule has 2 nitrogen and oxygen atoms in total. The Morgan fingerprint density at radius 1 is 1.22 bits per heavy atom. The number of rotatable bonds is 2. The van der Waals surface area contributed by atoms with Crippen molar-refractivity contribution in [3.63, 3.8) is 0 Å². The van der Waals surface area contributed by atoms with Crippen molar-refractivity contribution in [1.29, 1.82) is 0 Å².